The van der Waals surface area contributed by atoms with Gasteiger partial charge in [0.25, 0.3) is 0 Å². The second kappa shape index (κ2) is 5.13. The van der Waals surface area contributed by atoms with E-state index in [1.165, 1.54) is 23.9 Å². The van der Waals surface area contributed by atoms with Crippen molar-refractivity contribution in [1.29, 1.82) is 0 Å². The van der Waals surface area contributed by atoms with Gasteiger partial charge in [0.1, 0.15) is 0 Å². The van der Waals surface area contributed by atoms with Crippen LogP contribution in [0.25, 0.3) is 0 Å². The molecule has 0 aliphatic carbocycles. The molecule has 0 radical (unpaired) electrons. The van der Waals surface area contributed by atoms with Crippen LogP contribution >= 0.6 is 23.9 Å². The summed E-state index contributed by atoms with van der Waals surface area (Å²) < 4.78 is 0. The second-order valence-electron chi connectivity index (χ2n) is 8.08. The highest BCUT2D eigenvalue weighted by atomic mass is 31.8. The van der Waals surface area contributed by atoms with Crippen molar-refractivity contribution in [3.05, 3.63) is 15.6 Å². The van der Waals surface area contributed by atoms with E-state index in [0.29, 0.717) is 10.8 Å². The van der Waals surface area contributed by atoms with Crippen LogP contribution in [0.2, 0.25) is 0 Å². The van der Waals surface area contributed by atoms with Gasteiger partial charge in [-0.1, -0.05) is 70.5 Å². The largest absolute Gasteiger partial charge is 0.0622 e. The number of hydrogen-bond donors (Lipinski definition) is 0. The quantitative estimate of drug-likeness (QED) is 0.471. The zero-order valence-electron chi connectivity index (χ0n) is 13.3. The van der Waals surface area contributed by atoms with E-state index in [9.17, 15) is 0 Å². The van der Waals surface area contributed by atoms with Crippen molar-refractivity contribution in [2.45, 2.75) is 78.6 Å². The van der Waals surface area contributed by atoms with E-state index in [-0.39, 0.29) is 5.41 Å². The summed E-state index contributed by atoms with van der Waals surface area (Å²) in [4.78, 5) is 0. The lowest BCUT2D eigenvalue weighted by Gasteiger charge is -2.31. The molecule has 0 saturated heterocycles. The number of hydrogen-bond acceptors (Lipinski definition) is 0. The maximum atomic E-state index is 2.36. The Kier molecular flexibility index (Phi) is 4.72. The fourth-order valence-corrected chi connectivity index (χ4v) is 8.73. The molecule has 1 heterocycles. The van der Waals surface area contributed by atoms with Crippen LogP contribution in [0.1, 0.15) is 77.9 Å². The van der Waals surface area contributed by atoms with Gasteiger partial charge in [-0.15, -0.1) is 0 Å². The van der Waals surface area contributed by atoms with Gasteiger partial charge in [-0.2, -0.15) is 0 Å². The van der Waals surface area contributed by atoms with Crippen molar-refractivity contribution in [3.63, 3.8) is 0 Å². The molecule has 0 aromatic carbocycles. The van der Waals surface area contributed by atoms with E-state index < -0.39 is 0 Å². The van der Waals surface area contributed by atoms with Crippen molar-refractivity contribution in [3.8, 4) is 0 Å². The first kappa shape index (κ1) is 16.6. The summed E-state index contributed by atoms with van der Waals surface area (Å²) in [5, 5.41) is 4.98. The summed E-state index contributed by atoms with van der Waals surface area (Å²) in [7, 11) is 4.50. The summed E-state index contributed by atoms with van der Waals surface area (Å²) in [6.45, 7) is 21.2. The predicted octanol–water partition coefficient (Wildman–Crippen LogP) is 7.32. The Morgan fingerprint density at radius 3 is 1.33 bits per heavy atom. The van der Waals surface area contributed by atoms with Gasteiger partial charge >= 0.3 is 0 Å². The van der Waals surface area contributed by atoms with E-state index >= 15 is 0 Å². The standard InChI is InChI=1S/C15H27P3/c1-13(2,3)10-11(14(4,5)6)17-18-12(16-10)15(7,8)9/h1-9H3. The molecule has 0 spiro atoms. The van der Waals surface area contributed by atoms with Gasteiger partial charge < -0.3 is 0 Å². The molecule has 1 rings (SSSR count). The first-order valence-corrected chi connectivity index (χ1v) is 9.98. The van der Waals surface area contributed by atoms with E-state index in [1.54, 1.807) is 15.6 Å². The normalized spacial score (nSPS) is 15.2. The number of rotatable bonds is 0. The van der Waals surface area contributed by atoms with Crippen LogP contribution in [0.15, 0.2) is 0 Å². The van der Waals surface area contributed by atoms with E-state index in [2.05, 4.69) is 62.3 Å². The summed E-state index contributed by atoms with van der Waals surface area (Å²) >= 11 is 0. The van der Waals surface area contributed by atoms with E-state index in [1.807, 2.05) is 0 Å². The van der Waals surface area contributed by atoms with Gasteiger partial charge in [-0.25, -0.2) is 0 Å². The fourth-order valence-electron chi connectivity index (χ4n) is 1.67. The lowest BCUT2D eigenvalue weighted by atomic mass is 9.86. The van der Waals surface area contributed by atoms with Crippen LogP contribution in [-0.4, -0.2) is 0 Å². The van der Waals surface area contributed by atoms with Gasteiger partial charge in [0, 0.05) is 5.03 Å². The van der Waals surface area contributed by atoms with E-state index in [4.69, 9.17) is 0 Å². The summed E-state index contributed by atoms with van der Waals surface area (Å²) in [6, 6.07) is 0. The molecule has 0 nitrogen and oxygen atoms in total. The van der Waals surface area contributed by atoms with Crippen molar-refractivity contribution < 1.29 is 0 Å². The second-order valence-corrected chi connectivity index (χ2v) is 12.0. The van der Waals surface area contributed by atoms with Gasteiger partial charge in [0.05, 0.1) is 0 Å². The lowest BCUT2D eigenvalue weighted by molar-refractivity contribution is 0.549. The minimum absolute atomic E-state index is 0.281. The third kappa shape index (κ3) is 4.00. The smallest absolute Gasteiger partial charge is 0.0168 e. The molecule has 0 amide bonds. The fraction of sp³-hybridized carbons (Fsp3) is 0.800. The molecule has 102 valence electrons. The lowest BCUT2D eigenvalue weighted by Crippen LogP contribution is -2.19. The molecule has 0 saturated carbocycles. The monoisotopic (exact) mass is 300 g/mol. The van der Waals surface area contributed by atoms with Crippen LogP contribution in [-0.2, 0) is 16.2 Å². The Bertz CT molecular complexity index is 429. The molecular weight excluding hydrogens is 273 g/mol. The Hall–Kier alpha value is 0.510. The zero-order chi connectivity index (χ0) is 14.4. The molecule has 0 atom stereocenters. The maximum absolute atomic E-state index is 2.36. The molecule has 18 heavy (non-hydrogen) atoms. The van der Waals surface area contributed by atoms with Crippen LogP contribution in [0.3, 0.4) is 0 Å². The molecule has 1 aromatic rings. The molecule has 0 unspecified atom stereocenters. The van der Waals surface area contributed by atoms with Crippen molar-refractivity contribution in [1.82, 2.24) is 0 Å². The third-order valence-electron chi connectivity index (χ3n) is 2.78. The molecule has 0 aliphatic heterocycles. The van der Waals surface area contributed by atoms with Crippen LogP contribution in [0.4, 0.5) is 0 Å². The Balaban J connectivity index is 3.50. The van der Waals surface area contributed by atoms with Gasteiger partial charge in [0.2, 0.25) is 0 Å². The summed E-state index contributed by atoms with van der Waals surface area (Å²) in [5.74, 6) is 0. The van der Waals surface area contributed by atoms with Gasteiger partial charge in [-0.05, 0) is 42.6 Å². The van der Waals surface area contributed by atoms with Crippen LogP contribution in [0.5, 0.6) is 0 Å². The average molecular weight is 300 g/mol. The predicted molar refractivity (Wildman–Crippen MR) is 90.1 cm³/mol. The highest BCUT2D eigenvalue weighted by Gasteiger charge is 2.28. The topological polar surface area (TPSA) is 0 Å². The Morgan fingerprint density at radius 2 is 1.00 bits per heavy atom. The Morgan fingerprint density at radius 1 is 0.556 bits per heavy atom. The molecule has 1 aromatic heterocycles. The molecule has 0 aliphatic rings. The first-order chi connectivity index (χ1) is 7.83. The van der Waals surface area contributed by atoms with Crippen LogP contribution in [0, 0.1) is 0 Å². The molecule has 0 N–H and O–H groups in total. The molecule has 0 bridgehead atoms. The van der Waals surface area contributed by atoms with Crippen molar-refractivity contribution in [2.75, 3.05) is 0 Å². The first-order valence-electron chi connectivity index (χ1n) is 6.59. The summed E-state index contributed by atoms with van der Waals surface area (Å²) in [6.07, 6.45) is 0. The van der Waals surface area contributed by atoms with Gasteiger partial charge in [-0.3, -0.25) is 0 Å². The van der Waals surface area contributed by atoms with E-state index in [0.717, 1.165) is 0 Å². The average Bonchev–Trinajstić information content (AvgIpc) is 2.12. The highest BCUT2D eigenvalue weighted by Crippen LogP contribution is 2.52. The molecule has 0 fully saturated rings. The van der Waals surface area contributed by atoms with Crippen molar-refractivity contribution >= 4 is 23.9 Å². The highest BCUT2D eigenvalue weighted by molar-refractivity contribution is 7.93. The molecular formula is C15H27P3. The minimum atomic E-state index is 0.281. The third-order valence-corrected chi connectivity index (χ3v) is 9.58. The van der Waals surface area contributed by atoms with Gasteiger partial charge in [0.15, 0.2) is 0 Å². The van der Waals surface area contributed by atoms with Crippen molar-refractivity contribution in [2.24, 2.45) is 0 Å². The zero-order valence-corrected chi connectivity index (χ0v) is 16.0. The Labute approximate surface area is 118 Å². The maximum Gasteiger partial charge on any atom is 0.0168 e. The molecule has 3 heteroatoms. The van der Waals surface area contributed by atoms with Crippen LogP contribution < -0.4 is 0 Å². The minimum Gasteiger partial charge on any atom is -0.0622 e. The summed E-state index contributed by atoms with van der Waals surface area (Å²) in [5.41, 5.74) is 0.910. The SMILES string of the molecule is CC(C)(C)c1ppc(C(C)(C)C)c(C(C)(C)C)p1.